The summed E-state index contributed by atoms with van der Waals surface area (Å²) in [6, 6.07) is -0.158. The fourth-order valence-electron chi connectivity index (χ4n) is 0.789. The minimum atomic E-state index is -3.54. The first-order valence-electron chi connectivity index (χ1n) is 4.57. The topological polar surface area (TPSA) is 72.5 Å². The fourth-order valence-corrected chi connectivity index (χ4v) is 2.05. The van der Waals surface area contributed by atoms with Gasteiger partial charge in [0.1, 0.15) is 0 Å². The van der Waals surface area contributed by atoms with Crippen molar-refractivity contribution >= 4 is 16.0 Å². The summed E-state index contributed by atoms with van der Waals surface area (Å²) in [6.45, 7) is 5.42. The predicted molar refractivity (Wildman–Crippen MR) is 53.3 cm³/mol. The standard InChI is InChI=1S/C8H17NO4S/c1-4-7(3)9-14(11,12)6-8(10)13-5-2/h7,9H,4-6H2,1-3H3. The molecule has 5 nitrogen and oxygen atoms in total. The Morgan fingerprint density at radius 2 is 2.00 bits per heavy atom. The van der Waals surface area contributed by atoms with Gasteiger partial charge in [-0.05, 0) is 20.3 Å². The van der Waals surface area contributed by atoms with Crippen LogP contribution in [0.2, 0.25) is 0 Å². The highest BCUT2D eigenvalue weighted by atomic mass is 32.2. The molecule has 6 heteroatoms. The lowest BCUT2D eigenvalue weighted by atomic mass is 10.3. The van der Waals surface area contributed by atoms with Gasteiger partial charge in [0.05, 0.1) is 6.61 Å². The Morgan fingerprint density at radius 1 is 1.43 bits per heavy atom. The van der Waals surface area contributed by atoms with Crippen molar-refractivity contribution < 1.29 is 17.9 Å². The zero-order valence-corrected chi connectivity index (χ0v) is 9.56. The number of hydrogen-bond donors (Lipinski definition) is 1. The van der Waals surface area contributed by atoms with Crippen molar-refractivity contribution in [3.63, 3.8) is 0 Å². The van der Waals surface area contributed by atoms with Crippen LogP contribution in [0.3, 0.4) is 0 Å². The summed E-state index contributed by atoms with van der Waals surface area (Å²) in [7, 11) is -3.54. The third kappa shape index (κ3) is 5.93. The first kappa shape index (κ1) is 13.4. The Kier molecular flexibility index (Phi) is 5.71. The van der Waals surface area contributed by atoms with E-state index in [1.807, 2.05) is 6.92 Å². The fraction of sp³-hybridized carbons (Fsp3) is 0.875. The van der Waals surface area contributed by atoms with Crippen LogP contribution in [0.1, 0.15) is 27.2 Å². The van der Waals surface area contributed by atoms with Crippen LogP contribution in [-0.2, 0) is 19.6 Å². The maximum Gasteiger partial charge on any atom is 0.322 e. The average Bonchev–Trinajstić information content (AvgIpc) is 2.02. The Hall–Kier alpha value is -0.620. The molecule has 0 aliphatic carbocycles. The summed E-state index contributed by atoms with van der Waals surface area (Å²) < 4.78 is 29.4. The second-order valence-corrected chi connectivity index (χ2v) is 4.75. The Labute approximate surface area is 84.9 Å². The third-order valence-electron chi connectivity index (χ3n) is 1.61. The number of ether oxygens (including phenoxy) is 1. The van der Waals surface area contributed by atoms with Gasteiger partial charge in [-0.3, -0.25) is 4.79 Å². The number of nitrogens with one attached hydrogen (secondary N) is 1. The van der Waals surface area contributed by atoms with Crippen molar-refractivity contribution in [3.05, 3.63) is 0 Å². The normalized spacial score (nSPS) is 13.6. The van der Waals surface area contributed by atoms with Gasteiger partial charge in [-0.2, -0.15) is 0 Å². The van der Waals surface area contributed by atoms with Gasteiger partial charge in [0, 0.05) is 6.04 Å². The SMILES string of the molecule is CCOC(=O)CS(=O)(=O)NC(C)CC. The molecule has 0 aliphatic heterocycles. The molecule has 84 valence electrons. The Bertz CT molecular complexity index is 273. The van der Waals surface area contributed by atoms with Crippen LogP contribution < -0.4 is 4.72 Å². The molecule has 14 heavy (non-hydrogen) atoms. The van der Waals surface area contributed by atoms with E-state index in [-0.39, 0.29) is 12.6 Å². The highest BCUT2D eigenvalue weighted by Gasteiger charge is 2.18. The molecule has 0 rings (SSSR count). The third-order valence-corrected chi connectivity index (χ3v) is 2.98. The van der Waals surface area contributed by atoms with E-state index in [2.05, 4.69) is 9.46 Å². The molecule has 0 aliphatic rings. The van der Waals surface area contributed by atoms with Crippen LogP contribution in [0.5, 0.6) is 0 Å². The molecular weight excluding hydrogens is 206 g/mol. The molecule has 0 fully saturated rings. The van der Waals surface area contributed by atoms with Crippen molar-refractivity contribution in [1.82, 2.24) is 4.72 Å². The molecule has 0 aromatic heterocycles. The maximum atomic E-state index is 11.3. The highest BCUT2D eigenvalue weighted by Crippen LogP contribution is 1.94. The Morgan fingerprint density at radius 3 is 2.43 bits per heavy atom. The van der Waals surface area contributed by atoms with E-state index in [0.717, 1.165) is 0 Å². The average molecular weight is 223 g/mol. The van der Waals surface area contributed by atoms with Crippen LogP contribution in [-0.4, -0.2) is 32.8 Å². The van der Waals surface area contributed by atoms with E-state index < -0.39 is 21.7 Å². The molecule has 0 saturated heterocycles. The number of esters is 1. The van der Waals surface area contributed by atoms with Crippen LogP contribution in [0, 0.1) is 0 Å². The molecule has 1 N–H and O–H groups in total. The number of sulfonamides is 1. The first-order valence-corrected chi connectivity index (χ1v) is 6.22. The monoisotopic (exact) mass is 223 g/mol. The second-order valence-electron chi connectivity index (χ2n) is 2.99. The zero-order chi connectivity index (χ0) is 11.2. The van der Waals surface area contributed by atoms with Crippen LogP contribution in [0.4, 0.5) is 0 Å². The minimum Gasteiger partial charge on any atom is -0.465 e. The highest BCUT2D eigenvalue weighted by molar-refractivity contribution is 7.90. The van der Waals surface area contributed by atoms with E-state index in [4.69, 9.17) is 0 Å². The van der Waals surface area contributed by atoms with E-state index in [1.54, 1.807) is 13.8 Å². The van der Waals surface area contributed by atoms with Gasteiger partial charge < -0.3 is 4.74 Å². The number of hydrogen-bond acceptors (Lipinski definition) is 4. The summed E-state index contributed by atoms with van der Waals surface area (Å²) in [5, 5.41) is 0. The summed E-state index contributed by atoms with van der Waals surface area (Å²) >= 11 is 0. The van der Waals surface area contributed by atoms with E-state index in [0.29, 0.717) is 6.42 Å². The molecule has 0 aromatic carbocycles. The van der Waals surface area contributed by atoms with Gasteiger partial charge in [0.25, 0.3) is 0 Å². The van der Waals surface area contributed by atoms with E-state index >= 15 is 0 Å². The maximum absolute atomic E-state index is 11.3. The van der Waals surface area contributed by atoms with Gasteiger partial charge in [-0.15, -0.1) is 0 Å². The first-order chi connectivity index (χ1) is 6.41. The van der Waals surface area contributed by atoms with Gasteiger partial charge in [0.2, 0.25) is 10.0 Å². The van der Waals surface area contributed by atoms with Crippen molar-refractivity contribution in [1.29, 1.82) is 0 Å². The lowest BCUT2D eigenvalue weighted by Crippen LogP contribution is -2.36. The molecule has 0 spiro atoms. The number of carbonyl (C=O) groups excluding carboxylic acids is 1. The largest absolute Gasteiger partial charge is 0.465 e. The summed E-state index contributed by atoms with van der Waals surface area (Å²) in [5.74, 6) is -1.33. The molecule has 0 saturated carbocycles. The van der Waals surface area contributed by atoms with Gasteiger partial charge in [0.15, 0.2) is 5.75 Å². The molecule has 0 heterocycles. The van der Waals surface area contributed by atoms with Gasteiger partial charge in [-0.25, -0.2) is 13.1 Å². The molecule has 0 aromatic rings. The van der Waals surface area contributed by atoms with Crippen molar-refractivity contribution in [2.45, 2.75) is 33.2 Å². The Balaban J connectivity index is 4.14. The summed E-state index contributed by atoms with van der Waals surface area (Å²) in [4.78, 5) is 10.9. The smallest absolute Gasteiger partial charge is 0.322 e. The number of carbonyl (C=O) groups is 1. The van der Waals surface area contributed by atoms with Gasteiger partial charge in [-0.1, -0.05) is 6.92 Å². The molecule has 1 unspecified atom stereocenters. The van der Waals surface area contributed by atoms with Gasteiger partial charge >= 0.3 is 5.97 Å². The molecule has 0 amide bonds. The van der Waals surface area contributed by atoms with E-state index in [9.17, 15) is 13.2 Å². The van der Waals surface area contributed by atoms with Crippen LogP contribution in [0.15, 0.2) is 0 Å². The molecule has 1 atom stereocenters. The summed E-state index contributed by atoms with van der Waals surface area (Å²) in [6.07, 6.45) is 0.683. The minimum absolute atomic E-state index is 0.158. The second kappa shape index (κ2) is 5.98. The number of rotatable bonds is 6. The van der Waals surface area contributed by atoms with Crippen LogP contribution >= 0.6 is 0 Å². The predicted octanol–water partition coefficient (Wildman–Crippen LogP) is 0.267. The molecule has 0 radical (unpaired) electrons. The van der Waals surface area contributed by atoms with E-state index in [1.165, 1.54) is 0 Å². The van der Waals surface area contributed by atoms with Crippen molar-refractivity contribution in [2.75, 3.05) is 12.4 Å². The van der Waals surface area contributed by atoms with Crippen molar-refractivity contribution in [3.8, 4) is 0 Å². The van der Waals surface area contributed by atoms with Crippen molar-refractivity contribution in [2.24, 2.45) is 0 Å². The summed E-state index contributed by atoms with van der Waals surface area (Å²) in [5.41, 5.74) is 0. The molecule has 0 bridgehead atoms. The van der Waals surface area contributed by atoms with Crippen LogP contribution in [0.25, 0.3) is 0 Å². The zero-order valence-electron chi connectivity index (χ0n) is 8.74. The quantitative estimate of drug-likeness (QED) is 0.656. The molecular formula is C8H17NO4S. The lowest BCUT2D eigenvalue weighted by Gasteiger charge is -2.11. The lowest BCUT2D eigenvalue weighted by molar-refractivity contribution is -0.139.